The van der Waals surface area contributed by atoms with E-state index in [0.29, 0.717) is 0 Å². The fraction of sp³-hybridized carbons (Fsp3) is 0.0508. The summed E-state index contributed by atoms with van der Waals surface area (Å²) in [4.78, 5) is 2.44. The van der Waals surface area contributed by atoms with Crippen LogP contribution in [0.1, 0.15) is 25.0 Å². The Morgan fingerprint density at radius 1 is 0.361 bits per heavy atom. The number of nitrogens with zero attached hydrogens (tertiary/aromatic N) is 2. The van der Waals surface area contributed by atoms with Gasteiger partial charge in [-0.05, 0) is 115 Å². The molecule has 1 aliphatic rings. The molecule has 288 valence electrons. The van der Waals surface area contributed by atoms with Crippen LogP contribution < -0.4 is 4.90 Å². The van der Waals surface area contributed by atoms with Crippen LogP contribution in [0.4, 0.5) is 17.1 Å². The quantitative estimate of drug-likeness (QED) is 0.153. The van der Waals surface area contributed by atoms with Gasteiger partial charge in [0.25, 0.3) is 0 Å². The van der Waals surface area contributed by atoms with Crippen LogP contribution in [0.15, 0.2) is 218 Å². The normalized spacial score (nSPS) is 12.9. The highest BCUT2D eigenvalue weighted by atomic mass is 15.1. The average molecular weight is 779 g/mol. The van der Waals surface area contributed by atoms with E-state index in [9.17, 15) is 0 Å². The Morgan fingerprint density at radius 3 is 1.84 bits per heavy atom. The number of benzene rings is 10. The molecule has 1 aromatic heterocycles. The van der Waals surface area contributed by atoms with Crippen molar-refractivity contribution in [1.29, 1.82) is 0 Å². The van der Waals surface area contributed by atoms with E-state index in [4.69, 9.17) is 0 Å². The monoisotopic (exact) mass is 778 g/mol. The third kappa shape index (κ3) is 5.56. The number of para-hydroxylation sites is 1. The summed E-state index contributed by atoms with van der Waals surface area (Å²) in [6.45, 7) is 4.72. The molecule has 0 saturated carbocycles. The molecule has 0 atom stereocenters. The third-order valence-corrected chi connectivity index (χ3v) is 13.2. The van der Waals surface area contributed by atoms with E-state index in [2.05, 4.69) is 242 Å². The maximum absolute atomic E-state index is 2.47. The van der Waals surface area contributed by atoms with E-state index in [-0.39, 0.29) is 5.41 Å². The number of anilines is 3. The lowest BCUT2D eigenvalue weighted by molar-refractivity contribution is 0.660. The van der Waals surface area contributed by atoms with E-state index < -0.39 is 0 Å². The number of aromatic nitrogens is 1. The third-order valence-electron chi connectivity index (χ3n) is 13.2. The van der Waals surface area contributed by atoms with Crippen molar-refractivity contribution >= 4 is 60.4 Å². The molecule has 12 rings (SSSR count). The Labute approximate surface area is 356 Å². The van der Waals surface area contributed by atoms with Crippen LogP contribution in [0, 0.1) is 0 Å². The largest absolute Gasteiger partial charge is 0.310 e. The van der Waals surface area contributed by atoms with Gasteiger partial charge >= 0.3 is 0 Å². The zero-order chi connectivity index (χ0) is 40.7. The molecule has 0 aliphatic heterocycles. The first-order valence-corrected chi connectivity index (χ1v) is 21.3. The van der Waals surface area contributed by atoms with Crippen LogP contribution in [-0.2, 0) is 5.41 Å². The average Bonchev–Trinajstić information content (AvgIpc) is 3.77. The summed E-state index contributed by atoms with van der Waals surface area (Å²) in [5, 5.41) is 7.45. The van der Waals surface area contributed by atoms with Crippen molar-refractivity contribution in [3.05, 3.63) is 230 Å². The molecule has 0 amide bonds. The lowest BCUT2D eigenvalue weighted by atomic mass is 9.82. The van der Waals surface area contributed by atoms with Gasteiger partial charge in [-0.2, -0.15) is 0 Å². The highest BCUT2D eigenvalue weighted by molar-refractivity contribution is 6.15. The summed E-state index contributed by atoms with van der Waals surface area (Å²) in [6, 6.07) is 80.4. The summed E-state index contributed by atoms with van der Waals surface area (Å²) in [6.07, 6.45) is 0. The van der Waals surface area contributed by atoms with Crippen LogP contribution in [0.3, 0.4) is 0 Å². The summed E-state index contributed by atoms with van der Waals surface area (Å²) < 4.78 is 2.47. The molecular formula is C59H42N2. The molecule has 1 heterocycles. The van der Waals surface area contributed by atoms with E-state index in [1.807, 2.05) is 0 Å². The first-order valence-electron chi connectivity index (χ1n) is 21.3. The van der Waals surface area contributed by atoms with Gasteiger partial charge in [-0.1, -0.05) is 178 Å². The molecule has 0 bridgehead atoms. The SMILES string of the molecule is CC1(C)c2ccccc2-c2ccc(-n3c4ccccc4c4ccc(-c5cccc(N(c6ccc(-c7ccccc7)cc6)c6cc7ccccc7c7ccccc67)c5)cc43)cc21. The minimum atomic E-state index is -0.0869. The number of hydrogen-bond acceptors (Lipinski definition) is 1. The summed E-state index contributed by atoms with van der Waals surface area (Å²) >= 11 is 0. The Kier molecular flexibility index (Phi) is 7.92. The maximum Gasteiger partial charge on any atom is 0.0547 e. The van der Waals surface area contributed by atoms with Gasteiger partial charge in [-0.3, -0.25) is 0 Å². The molecule has 0 fully saturated rings. The predicted molar refractivity (Wildman–Crippen MR) is 259 cm³/mol. The number of fused-ring (bicyclic) bond motifs is 9. The van der Waals surface area contributed by atoms with Crippen molar-refractivity contribution in [1.82, 2.24) is 4.57 Å². The van der Waals surface area contributed by atoms with Crippen molar-refractivity contribution in [2.45, 2.75) is 19.3 Å². The predicted octanol–water partition coefficient (Wildman–Crippen LogP) is 16.2. The summed E-state index contributed by atoms with van der Waals surface area (Å²) in [5.74, 6) is 0. The molecule has 11 aromatic rings. The minimum Gasteiger partial charge on any atom is -0.310 e. The van der Waals surface area contributed by atoms with Gasteiger partial charge in [0.05, 0.1) is 16.7 Å². The second-order valence-electron chi connectivity index (χ2n) is 16.9. The van der Waals surface area contributed by atoms with Crippen LogP contribution in [0.25, 0.3) is 82.4 Å². The first kappa shape index (κ1) is 35.3. The Morgan fingerprint density at radius 2 is 0.984 bits per heavy atom. The molecule has 0 spiro atoms. The molecule has 2 heteroatoms. The molecule has 2 nitrogen and oxygen atoms in total. The molecule has 61 heavy (non-hydrogen) atoms. The van der Waals surface area contributed by atoms with Gasteiger partial charge in [0, 0.05) is 38.6 Å². The molecular weight excluding hydrogens is 737 g/mol. The zero-order valence-electron chi connectivity index (χ0n) is 34.2. The highest BCUT2D eigenvalue weighted by Crippen LogP contribution is 2.50. The van der Waals surface area contributed by atoms with Gasteiger partial charge < -0.3 is 9.47 Å². The standard InChI is InChI=1S/C59H42N2/c1-59(2)54-25-12-10-22-49(54)50-34-32-46(38-55(50)59)61-56-26-13-11-24-52(56)53-33-29-42(36-58(53)61)41-18-14-19-45(35-41)60(44-30-27-40(28-31-44)39-15-4-3-5-16-39)57-37-43-17-6-7-20-47(43)48-21-8-9-23-51(48)57/h3-38H,1-2H3. The topological polar surface area (TPSA) is 8.17 Å². The minimum absolute atomic E-state index is 0.0869. The van der Waals surface area contributed by atoms with E-state index in [0.717, 1.165) is 22.6 Å². The maximum atomic E-state index is 2.47. The molecule has 0 unspecified atom stereocenters. The van der Waals surface area contributed by atoms with Crippen LogP contribution in [0.2, 0.25) is 0 Å². The van der Waals surface area contributed by atoms with Crippen molar-refractivity contribution in [3.8, 4) is 39.1 Å². The molecule has 0 saturated heterocycles. The Bertz CT molecular complexity index is 3500. The second kappa shape index (κ2) is 13.7. The summed E-state index contributed by atoms with van der Waals surface area (Å²) in [7, 11) is 0. The first-order chi connectivity index (χ1) is 30.0. The van der Waals surface area contributed by atoms with E-state index >= 15 is 0 Å². The van der Waals surface area contributed by atoms with Gasteiger partial charge in [-0.25, -0.2) is 0 Å². The smallest absolute Gasteiger partial charge is 0.0547 e. The second-order valence-corrected chi connectivity index (χ2v) is 16.9. The number of hydrogen-bond donors (Lipinski definition) is 0. The van der Waals surface area contributed by atoms with Crippen molar-refractivity contribution in [3.63, 3.8) is 0 Å². The fourth-order valence-electron chi connectivity index (χ4n) is 10.2. The van der Waals surface area contributed by atoms with Crippen LogP contribution in [-0.4, -0.2) is 4.57 Å². The van der Waals surface area contributed by atoms with Crippen molar-refractivity contribution in [2.24, 2.45) is 0 Å². The Hall–Kier alpha value is -7.68. The fourth-order valence-corrected chi connectivity index (χ4v) is 10.2. The van der Waals surface area contributed by atoms with Gasteiger partial charge in [-0.15, -0.1) is 0 Å². The van der Waals surface area contributed by atoms with Gasteiger partial charge in [0.1, 0.15) is 0 Å². The molecule has 0 radical (unpaired) electrons. The van der Waals surface area contributed by atoms with Crippen molar-refractivity contribution in [2.75, 3.05) is 4.90 Å². The van der Waals surface area contributed by atoms with Gasteiger partial charge in [0.2, 0.25) is 0 Å². The van der Waals surface area contributed by atoms with E-state index in [1.54, 1.807) is 0 Å². The molecule has 0 N–H and O–H groups in total. The lowest BCUT2D eigenvalue weighted by Crippen LogP contribution is -2.15. The van der Waals surface area contributed by atoms with Crippen LogP contribution >= 0.6 is 0 Å². The van der Waals surface area contributed by atoms with Crippen molar-refractivity contribution < 1.29 is 0 Å². The van der Waals surface area contributed by atoms with Gasteiger partial charge in [0.15, 0.2) is 0 Å². The zero-order valence-corrected chi connectivity index (χ0v) is 34.2. The lowest BCUT2D eigenvalue weighted by Gasteiger charge is -2.28. The van der Waals surface area contributed by atoms with Crippen LogP contribution in [0.5, 0.6) is 0 Å². The molecule has 10 aromatic carbocycles. The molecule has 1 aliphatic carbocycles. The van der Waals surface area contributed by atoms with E-state index in [1.165, 1.54) is 88.0 Å². The highest BCUT2D eigenvalue weighted by Gasteiger charge is 2.35. The summed E-state index contributed by atoms with van der Waals surface area (Å²) in [5.41, 5.74) is 17.1. The Balaban J connectivity index is 1.03. The number of rotatable bonds is 6.